The Labute approximate surface area is 112 Å². The summed E-state index contributed by atoms with van der Waals surface area (Å²) in [5, 5.41) is 12.7. The number of halogens is 3. The molecule has 1 saturated carbocycles. The van der Waals surface area contributed by atoms with Gasteiger partial charge in [0.2, 0.25) is 0 Å². The smallest absolute Gasteiger partial charge is 0.394 e. The van der Waals surface area contributed by atoms with Crippen LogP contribution < -0.4 is 5.32 Å². The monoisotopic (exact) mass is 283 g/mol. The third-order valence-corrected chi connectivity index (χ3v) is 3.88. The molecule has 0 aromatic carbocycles. The lowest BCUT2D eigenvalue weighted by atomic mass is 9.76. The van der Waals surface area contributed by atoms with Crippen molar-refractivity contribution >= 4 is 0 Å². The van der Waals surface area contributed by atoms with Gasteiger partial charge in [-0.25, -0.2) is 0 Å². The van der Waals surface area contributed by atoms with Crippen molar-refractivity contribution in [3.8, 4) is 0 Å². The number of rotatable bonds is 7. The van der Waals surface area contributed by atoms with E-state index in [1.807, 2.05) is 6.92 Å². The van der Waals surface area contributed by atoms with Crippen molar-refractivity contribution in [2.75, 3.05) is 26.4 Å². The molecule has 1 unspecified atom stereocenters. The molecule has 2 N–H and O–H groups in total. The first-order valence-electron chi connectivity index (χ1n) is 6.88. The second-order valence-electron chi connectivity index (χ2n) is 5.51. The number of aliphatic hydroxyl groups excluding tert-OH is 1. The predicted octanol–water partition coefficient (Wildman–Crippen LogP) is 2.49. The van der Waals surface area contributed by atoms with E-state index in [0.717, 1.165) is 25.7 Å². The quantitative estimate of drug-likeness (QED) is 0.705. The number of hydrogen-bond acceptors (Lipinski definition) is 3. The fourth-order valence-corrected chi connectivity index (χ4v) is 2.67. The average Bonchev–Trinajstić information content (AvgIpc) is 2.38. The fraction of sp³-hybridized carbons (Fsp3) is 1.00. The lowest BCUT2D eigenvalue weighted by molar-refractivity contribution is -0.173. The molecule has 6 heteroatoms. The summed E-state index contributed by atoms with van der Waals surface area (Å²) < 4.78 is 40.2. The summed E-state index contributed by atoms with van der Waals surface area (Å²) in [6, 6.07) is 0. The van der Waals surface area contributed by atoms with Crippen LogP contribution in [0.3, 0.4) is 0 Å². The van der Waals surface area contributed by atoms with Crippen LogP contribution in [0.25, 0.3) is 0 Å². The van der Waals surface area contributed by atoms with Crippen LogP contribution in [0.1, 0.15) is 39.0 Å². The predicted molar refractivity (Wildman–Crippen MR) is 66.9 cm³/mol. The van der Waals surface area contributed by atoms with E-state index < -0.39 is 18.3 Å². The van der Waals surface area contributed by atoms with Crippen molar-refractivity contribution < 1.29 is 23.0 Å². The van der Waals surface area contributed by atoms with Crippen molar-refractivity contribution in [2.24, 2.45) is 5.92 Å². The summed E-state index contributed by atoms with van der Waals surface area (Å²) in [5.74, 6) is 0.383. The van der Waals surface area contributed by atoms with E-state index in [1.165, 1.54) is 6.42 Å². The van der Waals surface area contributed by atoms with Crippen LogP contribution in [0.15, 0.2) is 0 Å². The molecule has 0 aromatic heterocycles. The molecule has 3 nitrogen and oxygen atoms in total. The molecule has 0 spiro atoms. The molecule has 0 aromatic rings. The van der Waals surface area contributed by atoms with Gasteiger partial charge in [-0.05, 0) is 25.7 Å². The van der Waals surface area contributed by atoms with Crippen molar-refractivity contribution in [1.29, 1.82) is 0 Å². The molecule has 1 fully saturated rings. The molecule has 0 bridgehead atoms. The molecule has 0 heterocycles. The van der Waals surface area contributed by atoms with Gasteiger partial charge < -0.3 is 15.2 Å². The molecule has 0 saturated heterocycles. The standard InChI is InChI=1S/C13H24F3NO2/c1-12(9-18,11-5-3-2-4-6-11)17-7-8-19-10-13(14,15)16/h11,17-18H,2-10H2,1H3. The van der Waals surface area contributed by atoms with E-state index in [2.05, 4.69) is 10.1 Å². The average molecular weight is 283 g/mol. The Balaban J connectivity index is 2.27. The minimum absolute atomic E-state index is 0.00181. The van der Waals surface area contributed by atoms with Crippen molar-refractivity contribution in [1.82, 2.24) is 5.32 Å². The molecule has 1 atom stereocenters. The zero-order valence-electron chi connectivity index (χ0n) is 11.4. The highest BCUT2D eigenvalue weighted by Gasteiger charge is 2.34. The Morgan fingerprint density at radius 2 is 1.84 bits per heavy atom. The third-order valence-electron chi connectivity index (χ3n) is 3.88. The van der Waals surface area contributed by atoms with Gasteiger partial charge in [-0.3, -0.25) is 0 Å². The molecule has 0 amide bonds. The highest BCUT2D eigenvalue weighted by atomic mass is 19.4. The SMILES string of the molecule is CC(CO)(NCCOCC(F)(F)F)C1CCCCC1. The van der Waals surface area contributed by atoms with Gasteiger partial charge in [0.1, 0.15) is 6.61 Å². The Kier molecular flexibility index (Phi) is 6.56. The van der Waals surface area contributed by atoms with Gasteiger partial charge >= 0.3 is 6.18 Å². The molecule has 1 rings (SSSR count). The van der Waals surface area contributed by atoms with E-state index in [-0.39, 0.29) is 13.2 Å². The van der Waals surface area contributed by atoms with Crippen LogP contribution in [-0.2, 0) is 4.74 Å². The normalized spacial score (nSPS) is 21.3. The van der Waals surface area contributed by atoms with Gasteiger partial charge in [-0.1, -0.05) is 19.3 Å². The van der Waals surface area contributed by atoms with E-state index in [9.17, 15) is 18.3 Å². The number of alkyl halides is 3. The Hall–Kier alpha value is -0.330. The number of nitrogens with one attached hydrogen (secondary N) is 1. The number of aliphatic hydroxyl groups is 1. The lowest BCUT2D eigenvalue weighted by Gasteiger charge is -2.39. The van der Waals surface area contributed by atoms with Crippen molar-refractivity contribution in [3.05, 3.63) is 0 Å². The lowest BCUT2D eigenvalue weighted by Crippen LogP contribution is -2.53. The zero-order chi connectivity index (χ0) is 14.4. The molecule has 1 aliphatic rings. The van der Waals surface area contributed by atoms with Gasteiger partial charge in [-0.2, -0.15) is 13.2 Å². The maximum Gasteiger partial charge on any atom is 0.411 e. The Morgan fingerprint density at radius 3 is 2.37 bits per heavy atom. The van der Waals surface area contributed by atoms with Crippen LogP contribution in [-0.4, -0.2) is 43.2 Å². The minimum Gasteiger partial charge on any atom is -0.394 e. The zero-order valence-corrected chi connectivity index (χ0v) is 11.4. The molecular weight excluding hydrogens is 259 g/mol. The fourth-order valence-electron chi connectivity index (χ4n) is 2.67. The summed E-state index contributed by atoms with van der Waals surface area (Å²) in [4.78, 5) is 0. The van der Waals surface area contributed by atoms with Crippen LogP contribution in [0.4, 0.5) is 13.2 Å². The summed E-state index contributed by atoms with van der Waals surface area (Å²) >= 11 is 0. The van der Waals surface area contributed by atoms with Gasteiger partial charge in [0.05, 0.1) is 13.2 Å². The van der Waals surface area contributed by atoms with E-state index in [0.29, 0.717) is 12.5 Å². The maximum absolute atomic E-state index is 11.9. The van der Waals surface area contributed by atoms with Crippen LogP contribution in [0.5, 0.6) is 0 Å². The van der Waals surface area contributed by atoms with Crippen LogP contribution in [0.2, 0.25) is 0 Å². The van der Waals surface area contributed by atoms with Gasteiger partial charge in [0.15, 0.2) is 0 Å². The maximum atomic E-state index is 11.9. The summed E-state index contributed by atoms with van der Waals surface area (Å²) in [6.45, 7) is 1.04. The largest absolute Gasteiger partial charge is 0.411 e. The second-order valence-corrected chi connectivity index (χ2v) is 5.51. The van der Waals surface area contributed by atoms with E-state index in [4.69, 9.17) is 0 Å². The van der Waals surface area contributed by atoms with Crippen LogP contribution >= 0.6 is 0 Å². The second kappa shape index (κ2) is 7.45. The van der Waals surface area contributed by atoms with Gasteiger partial charge in [-0.15, -0.1) is 0 Å². The topological polar surface area (TPSA) is 41.5 Å². The Bertz CT molecular complexity index is 255. The van der Waals surface area contributed by atoms with E-state index >= 15 is 0 Å². The molecule has 19 heavy (non-hydrogen) atoms. The summed E-state index contributed by atoms with van der Waals surface area (Å²) in [5.41, 5.74) is -0.415. The molecule has 0 aliphatic heterocycles. The number of hydrogen-bond donors (Lipinski definition) is 2. The Morgan fingerprint density at radius 1 is 1.21 bits per heavy atom. The minimum atomic E-state index is -4.27. The molecule has 114 valence electrons. The third kappa shape index (κ3) is 6.10. The van der Waals surface area contributed by atoms with E-state index in [1.54, 1.807) is 0 Å². The highest BCUT2D eigenvalue weighted by molar-refractivity contribution is 4.91. The summed E-state index contributed by atoms with van der Waals surface area (Å²) in [6.07, 6.45) is 1.40. The van der Waals surface area contributed by atoms with Gasteiger partial charge in [0, 0.05) is 12.1 Å². The number of ether oxygens (including phenoxy) is 1. The molecule has 1 aliphatic carbocycles. The molecular formula is C13H24F3NO2. The van der Waals surface area contributed by atoms with Crippen LogP contribution in [0, 0.1) is 5.92 Å². The highest BCUT2D eigenvalue weighted by Crippen LogP contribution is 2.32. The first kappa shape index (κ1) is 16.7. The van der Waals surface area contributed by atoms with Gasteiger partial charge in [0.25, 0.3) is 0 Å². The van der Waals surface area contributed by atoms with Crippen molar-refractivity contribution in [3.63, 3.8) is 0 Å². The first-order valence-corrected chi connectivity index (χ1v) is 6.88. The van der Waals surface area contributed by atoms with Crippen molar-refractivity contribution in [2.45, 2.75) is 50.7 Å². The summed E-state index contributed by atoms with van der Waals surface area (Å²) in [7, 11) is 0. The molecule has 0 radical (unpaired) electrons. The first-order chi connectivity index (χ1) is 8.87.